The standard InChI is InChI=1S/C15H19NO5/c1-20-14(18)12-7-11(17)8-13(12)16-15(19)21-9-10-5-3-2-4-6-10/h2-6,11-13,17H,7-9H2,1H3,(H,16,19)/t11?,12-,13?/m1/s1. The van der Waals surface area contributed by atoms with Crippen molar-refractivity contribution in [2.75, 3.05) is 7.11 Å². The molecule has 0 saturated heterocycles. The lowest BCUT2D eigenvalue weighted by molar-refractivity contribution is -0.146. The summed E-state index contributed by atoms with van der Waals surface area (Å²) in [4.78, 5) is 23.4. The van der Waals surface area contributed by atoms with Crippen molar-refractivity contribution in [3.63, 3.8) is 0 Å². The van der Waals surface area contributed by atoms with Crippen LogP contribution in [0, 0.1) is 5.92 Å². The molecule has 2 N–H and O–H groups in total. The second-order valence-corrected chi connectivity index (χ2v) is 5.07. The average Bonchev–Trinajstić information content (AvgIpc) is 2.86. The number of carbonyl (C=O) groups is 2. The summed E-state index contributed by atoms with van der Waals surface area (Å²) in [7, 11) is 1.29. The van der Waals surface area contributed by atoms with E-state index in [0.29, 0.717) is 6.42 Å². The van der Waals surface area contributed by atoms with E-state index >= 15 is 0 Å². The summed E-state index contributed by atoms with van der Waals surface area (Å²) in [5.41, 5.74) is 0.878. The first-order chi connectivity index (χ1) is 10.1. The molecule has 6 nitrogen and oxygen atoms in total. The number of hydrogen-bond acceptors (Lipinski definition) is 5. The number of aliphatic hydroxyl groups excluding tert-OH is 1. The van der Waals surface area contributed by atoms with Crippen molar-refractivity contribution in [3.05, 3.63) is 35.9 Å². The maximum Gasteiger partial charge on any atom is 0.407 e. The van der Waals surface area contributed by atoms with Crippen LogP contribution in [-0.4, -0.2) is 36.4 Å². The smallest absolute Gasteiger partial charge is 0.407 e. The number of hydrogen-bond donors (Lipinski definition) is 2. The number of amides is 1. The van der Waals surface area contributed by atoms with E-state index in [1.165, 1.54) is 7.11 Å². The van der Waals surface area contributed by atoms with Crippen molar-refractivity contribution in [3.8, 4) is 0 Å². The Balaban J connectivity index is 1.85. The number of nitrogens with one attached hydrogen (secondary N) is 1. The van der Waals surface area contributed by atoms with Gasteiger partial charge in [0, 0.05) is 6.04 Å². The SMILES string of the molecule is COC(=O)[C@@H]1CC(O)CC1NC(=O)OCc1ccccc1. The monoisotopic (exact) mass is 293 g/mol. The molecule has 1 fully saturated rings. The molecule has 2 unspecified atom stereocenters. The fraction of sp³-hybridized carbons (Fsp3) is 0.467. The minimum absolute atomic E-state index is 0.158. The largest absolute Gasteiger partial charge is 0.469 e. The molecule has 3 atom stereocenters. The highest BCUT2D eigenvalue weighted by atomic mass is 16.5. The molecule has 0 aliphatic heterocycles. The Labute approximate surface area is 123 Å². The first-order valence-electron chi connectivity index (χ1n) is 6.83. The van der Waals surface area contributed by atoms with Crippen LogP contribution in [0.5, 0.6) is 0 Å². The van der Waals surface area contributed by atoms with E-state index in [0.717, 1.165) is 5.56 Å². The Morgan fingerprint density at radius 3 is 2.67 bits per heavy atom. The van der Waals surface area contributed by atoms with Crippen LogP contribution < -0.4 is 5.32 Å². The van der Waals surface area contributed by atoms with E-state index in [9.17, 15) is 14.7 Å². The highest BCUT2D eigenvalue weighted by Gasteiger charge is 2.39. The number of esters is 1. The predicted octanol–water partition coefficient (Wildman–Crippen LogP) is 1.23. The fourth-order valence-corrected chi connectivity index (χ4v) is 2.50. The Kier molecular flexibility index (Phi) is 5.16. The van der Waals surface area contributed by atoms with Crippen molar-refractivity contribution in [2.45, 2.75) is 31.6 Å². The molecule has 0 spiro atoms. The Morgan fingerprint density at radius 1 is 1.29 bits per heavy atom. The first-order valence-corrected chi connectivity index (χ1v) is 6.83. The fourth-order valence-electron chi connectivity index (χ4n) is 2.50. The number of ether oxygens (including phenoxy) is 2. The van der Waals surface area contributed by atoms with Gasteiger partial charge >= 0.3 is 12.1 Å². The van der Waals surface area contributed by atoms with Crippen LogP contribution in [0.4, 0.5) is 4.79 Å². The lowest BCUT2D eigenvalue weighted by Crippen LogP contribution is -2.40. The highest BCUT2D eigenvalue weighted by Crippen LogP contribution is 2.27. The predicted molar refractivity (Wildman–Crippen MR) is 74.3 cm³/mol. The van der Waals surface area contributed by atoms with Crippen LogP contribution >= 0.6 is 0 Å². The molecule has 1 aliphatic carbocycles. The first kappa shape index (κ1) is 15.3. The van der Waals surface area contributed by atoms with Gasteiger partial charge in [-0.3, -0.25) is 4.79 Å². The number of methoxy groups -OCH3 is 1. The van der Waals surface area contributed by atoms with E-state index in [2.05, 4.69) is 10.1 Å². The molecule has 1 aromatic carbocycles. The highest BCUT2D eigenvalue weighted by molar-refractivity contribution is 5.75. The minimum atomic E-state index is -0.617. The molecule has 0 heterocycles. The maximum atomic E-state index is 11.8. The molecule has 2 rings (SSSR count). The van der Waals surface area contributed by atoms with Gasteiger partial charge in [-0.15, -0.1) is 0 Å². The normalized spacial score (nSPS) is 24.4. The van der Waals surface area contributed by atoms with Gasteiger partial charge in [0.1, 0.15) is 6.61 Å². The molecular weight excluding hydrogens is 274 g/mol. The second kappa shape index (κ2) is 7.08. The summed E-state index contributed by atoms with van der Waals surface area (Å²) in [6.07, 6.45) is -0.614. The zero-order chi connectivity index (χ0) is 15.2. The van der Waals surface area contributed by atoms with E-state index in [1.54, 1.807) is 0 Å². The maximum absolute atomic E-state index is 11.8. The molecule has 0 radical (unpaired) electrons. The minimum Gasteiger partial charge on any atom is -0.469 e. The third kappa shape index (κ3) is 4.19. The van der Waals surface area contributed by atoms with Gasteiger partial charge in [0.15, 0.2) is 0 Å². The zero-order valence-electron chi connectivity index (χ0n) is 11.8. The van der Waals surface area contributed by atoms with Gasteiger partial charge in [-0.1, -0.05) is 30.3 Å². The van der Waals surface area contributed by atoms with Crippen molar-refractivity contribution in [2.24, 2.45) is 5.92 Å². The van der Waals surface area contributed by atoms with Crippen molar-refractivity contribution >= 4 is 12.1 Å². The lowest BCUT2D eigenvalue weighted by atomic mass is 10.0. The summed E-state index contributed by atoms with van der Waals surface area (Å²) >= 11 is 0. The van der Waals surface area contributed by atoms with Gasteiger partial charge in [0.05, 0.1) is 19.1 Å². The topological polar surface area (TPSA) is 84.9 Å². The van der Waals surface area contributed by atoms with Crippen LogP contribution in [-0.2, 0) is 20.9 Å². The lowest BCUT2D eigenvalue weighted by Gasteiger charge is -2.18. The van der Waals surface area contributed by atoms with Crippen LogP contribution in [0.15, 0.2) is 30.3 Å². The van der Waals surface area contributed by atoms with E-state index in [1.807, 2.05) is 30.3 Å². The Morgan fingerprint density at radius 2 is 2.00 bits per heavy atom. The Bertz CT molecular complexity index is 490. The molecule has 0 aromatic heterocycles. The summed E-state index contributed by atoms with van der Waals surface area (Å²) in [5.74, 6) is -0.964. The van der Waals surface area contributed by atoms with Gasteiger partial charge < -0.3 is 19.9 Å². The summed E-state index contributed by atoms with van der Waals surface area (Å²) < 4.78 is 9.78. The van der Waals surface area contributed by atoms with Gasteiger partial charge in [0.25, 0.3) is 0 Å². The zero-order valence-corrected chi connectivity index (χ0v) is 11.8. The van der Waals surface area contributed by atoms with E-state index < -0.39 is 30.1 Å². The molecule has 114 valence electrons. The molecule has 1 aliphatic rings. The summed E-state index contributed by atoms with van der Waals surface area (Å²) in [6, 6.07) is 8.84. The molecular formula is C15H19NO5. The number of aliphatic hydroxyl groups is 1. The number of alkyl carbamates (subject to hydrolysis) is 1. The van der Waals surface area contributed by atoms with Crippen molar-refractivity contribution in [1.29, 1.82) is 0 Å². The summed E-state index contributed by atoms with van der Waals surface area (Å²) in [6.45, 7) is 0.158. The third-order valence-corrected chi connectivity index (χ3v) is 3.56. The van der Waals surface area contributed by atoms with Gasteiger partial charge in [-0.2, -0.15) is 0 Å². The molecule has 1 amide bonds. The van der Waals surface area contributed by atoms with Gasteiger partial charge in [-0.05, 0) is 18.4 Å². The van der Waals surface area contributed by atoms with Gasteiger partial charge in [-0.25, -0.2) is 4.79 Å². The molecule has 1 aromatic rings. The summed E-state index contributed by atoms with van der Waals surface area (Å²) in [5, 5.41) is 12.3. The third-order valence-electron chi connectivity index (χ3n) is 3.56. The number of carbonyl (C=O) groups excluding carboxylic acids is 2. The van der Waals surface area contributed by atoms with Crippen molar-refractivity contribution in [1.82, 2.24) is 5.32 Å². The average molecular weight is 293 g/mol. The van der Waals surface area contributed by atoms with Gasteiger partial charge in [0.2, 0.25) is 0 Å². The van der Waals surface area contributed by atoms with Crippen LogP contribution in [0.2, 0.25) is 0 Å². The van der Waals surface area contributed by atoms with E-state index in [4.69, 9.17) is 4.74 Å². The number of rotatable bonds is 4. The van der Waals surface area contributed by atoms with Crippen LogP contribution in [0.3, 0.4) is 0 Å². The van der Waals surface area contributed by atoms with Crippen LogP contribution in [0.25, 0.3) is 0 Å². The quantitative estimate of drug-likeness (QED) is 0.815. The molecule has 1 saturated carbocycles. The second-order valence-electron chi connectivity index (χ2n) is 5.07. The number of benzene rings is 1. The molecule has 21 heavy (non-hydrogen) atoms. The molecule has 6 heteroatoms. The Hall–Kier alpha value is -2.08. The molecule has 0 bridgehead atoms. The van der Waals surface area contributed by atoms with Crippen LogP contribution in [0.1, 0.15) is 18.4 Å². The van der Waals surface area contributed by atoms with E-state index in [-0.39, 0.29) is 13.0 Å². The van der Waals surface area contributed by atoms with Crippen molar-refractivity contribution < 1.29 is 24.2 Å².